The first-order valence-electron chi connectivity index (χ1n) is 5.44. The predicted octanol–water partition coefficient (Wildman–Crippen LogP) is 4.52. The molecular formula is C14H12ClNOS. The van der Waals surface area contributed by atoms with Gasteiger partial charge >= 0.3 is 0 Å². The molecule has 2 rings (SSSR count). The number of halogens is 1. The minimum absolute atomic E-state index is 0.00397. The third kappa shape index (κ3) is 3.22. The van der Waals surface area contributed by atoms with Crippen LogP contribution in [0.1, 0.15) is 15.2 Å². The fourth-order valence-corrected chi connectivity index (χ4v) is 2.22. The van der Waals surface area contributed by atoms with Crippen LogP contribution in [0.25, 0.3) is 0 Å². The lowest BCUT2D eigenvalue weighted by atomic mass is 10.2. The largest absolute Gasteiger partial charge is 0.362 e. The monoisotopic (exact) mass is 277 g/mol. The highest BCUT2D eigenvalue weighted by atomic mass is 35.5. The van der Waals surface area contributed by atoms with E-state index in [-0.39, 0.29) is 5.78 Å². The number of benzene rings is 1. The Labute approximate surface area is 115 Å². The first-order chi connectivity index (χ1) is 8.66. The van der Waals surface area contributed by atoms with Crippen LogP contribution in [0.4, 0.5) is 5.69 Å². The molecule has 0 fully saturated rings. The van der Waals surface area contributed by atoms with Crippen molar-refractivity contribution in [2.75, 3.05) is 5.32 Å². The van der Waals surface area contributed by atoms with Crippen LogP contribution in [0.2, 0.25) is 5.02 Å². The maximum atomic E-state index is 11.7. The van der Waals surface area contributed by atoms with Crippen molar-refractivity contribution in [3.63, 3.8) is 0 Å². The number of allylic oxidation sites excluding steroid dienone is 1. The molecule has 0 atom stereocenters. The summed E-state index contributed by atoms with van der Waals surface area (Å²) in [4.78, 5) is 12.4. The second-order valence-electron chi connectivity index (χ2n) is 3.78. The Morgan fingerprint density at radius 1 is 1.39 bits per heavy atom. The second kappa shape index (κ2) is 5.85. The number of hydrogen-bond donors (Lipinski definition) is 1. The molecule has 2 nitrogen and oxygen atoms in total. The maximum absolute atomic E-state index is 11.7. The highest BCUT2D eigenvalue weighted by molar-refractivity contribution is 7.12. The summed E-state index contributed by atoms with van der Waals surface area (Å²) in [5.41, 5.74) is 1.89. The van der Waals surface area contributed by atoms with Crippen molar-refractivity contribution in [3.05, 3.63) is 63.5 Å². The zero-order chi connectivity index (χ0) is 13.0. The van der Waals surface area contributed by atoms with Crippen molar-refractivity contribution in [1.29, 1.82) is 0 Å². The van der Waals surface area contributed by atoms with E-state index in [0.29, 0.717) is 5.02 Å². The average molecular weight is 278 g/mol. The van der Waals surface area contributed by atoms with Crippen molar-refractivity contribution in [1.82, 2.24) is 0 Å². The van der Waals surface area contributed by atoms with Gasteiger partial charge in [-0.3, -0.25) is 4.79 Å². The third-order valence-corrected chi connectivity index (χ3v) is 3.71. The molecule has 0 saturated carbocycles. The number of hydrogen-bond acceptors (Lipinski definition) is 3. The van der Waals surface area contributed by atoms with Gasteiger partial charge in [-0.15, -0.1) is 11.3 Å². The summed E-state index contributed by atoms with van der Waals surface area (Å²) in [7, 11) is 0. The van der Waals surface area contributed by atoms with Gasteiger partial charge in [-0.1, -0.05) is 23.7 Å². The van der Waals surface area contributed by atoms with Crippen molar-refractivity contribution in [3.8, 4) is 0 Å². The Bertz CT molecular complexity index is 575. The van der Waals surface area contributed by atoms with Crippen LogP contribution >= 0.6 is 22.9 Å². The van der Waals surface area contributed by atoms with Gasteiger partial charge in [0, 0.05) is 23.0 Å². The lowest BCUT2D eigenvalue weighted by Gasteiger charge is -2.03. The van der Waals surface area contributed by atoms with Gasteiger partial charge in [-0.05, 0) is 36.1 Å². The summed E-state index contributed by atoms with van der Waals surface area (Å²) >= 11 is 7.44. The molecule has 18 heavy (non-hydrogen) atoms. The van der Waals surface area contributed by atoms with Gasteiger partial charge < -0.3 is 5.32 Å². The summed E-state index contributed by atoms with van der Waals surface area (Å²) in [5.74, 6) is -0.00397. The molecule has 0 bridgehead atoms. The Kier molecular flexibility index (Phi) is 4.18. The van der Waals surface area contributed by atoms with Gasteiger partial charge in [-0.2, -0.15) is 0 Å². The lowest BCUT2D eigenvalue weighted by molar-refractivity contribution is 0.105. The number of anilines is 1. The number of aryl methyl sites for hydroxylation is 1. The molecule has 0 aliphatic heterocycles. The van der Waals surface area contributed by atoms with E-state index in [9.17, 15) is 4.79 Å². The first-order valence-corrected chi connectivity index (χ1v) is 6.69. The molecule has 1 aromatic carbocycles. The highest BCUT2D eigenvalue weighted by Gasteiger charge is 2.01. The summed E-state index contributed by atoms with van der Waals surface area (Å²) in [6.45, 7) is 1.95. The molecule has 0 unspecified atom stereocenters. The summed E-state index contributed by atoms with van der Waals surface area (Å²) in [6.07, 6.45) is 3.14. The quantitative estimate of drug-likeness (QED) is 0.658. The van der Waals surface area contributed by atoms with Crippen molar-refractivity contribution in [2.45, 2.75) is 6.92 Å². The maximum Gasteiger partial charge on any atom is 0.197 e. The van der Waals surface area contributed by atoms with E-state index in [0.717, 1.165) is 16.1 Å². The van der Waals surface area contributed by atoms with E-state index in [1.165, 1.54) is 17.4 Å². The standard InChI is InChI=1S/C14H12ClNOS/c1-10-4-5-11(9-12(10)15)16-7-6-13(17)14-3-2-8-18-14/h2-9,16H,1H3. The van der Waals surface area contributed by atoms with Crippen LogP contribution < -0.4 is 5.32 Å². The van der Waals surface area contributed by atoms with E-state index >= 15 is 0 Å². The zero-order valence-electron chi connectivity index (χ0n) is 9.81. The Morgan fingerprint density at radius 3 is 2.89 bits per heavy atom. The number of carbonyl (C=O) groups excluding carboxylic acids is 1. The third-order valence-electron chi connectivity index (χ3n) is 2.42. The van der Waals surface area contributed by atoms with E-state index in [1.54, 1.807) is 12.3 Å². The first kappa shape index (κ1) is 12.9. The minimum Gasteiger partial charge on any atom is -0.362 e. The molecule has 0 radical (unpaired) electrons. The fourth-order valence-electron chi connectivity index (χ4n) is 1.40. The van der Waals surface area contributed by atoms with Gasteiger partial charge in [0.1, 0.15) is 0 Å². The SMILES string of the molecule is Cc1ccc(NC=CC(=O)c2cccs2)cc1Cl. The second-order valence-corrected chi connectivity index (χ2v) is 5.14. The van der Waals surface area contributed by atoms with Gasteiger partial charge in [0.2, 0.25) is 0 Å². The molecule has 0 saturated heterocycles. The van der Waals surface area contributed by atoms with Crippen LogP contribution in [-0.2, 0) is 0 Å². The Hall–Kier alpha value is -1.58. The normalized spacial score (nSPS) is 10.8. The molecule has 2 aromatic rings. The number of ketones is 1. The van der Waals surface area contributed by atoms with Crippen molar-refractivity contribution in [2.24, 2.45) is 0 Å². The molecule has 0 aliphatic rings. The molecule has 92 valence electrons. The fraction of sp³-hybridized carbons (Fsp3) is 0.0714. The van der Waals surface area contributed by atoms with Gasteiger partial charge in [-0.25, -0.2) is 0 Å². The van der Waals surface area contributed by atoms with E-state index < -0.39 is 0 Å². The smallest absolute Gasteiger partial charge is 0.197 e. The molecule has 1 aromatic heterocycles. The molecule has 1 N–H and O–H groups in total. The van der Waals surface area contributed by atoms with Crippen LogP contribution in [0.15, 0.2) is 48.0 Å². The van der Waals surface area contributed by atoms with Gasteiger partial charge in [0.15, 0.2) is 5.78 Å². The van der Waals surface area contributed by atoms with Crippen LogP contribution in [0.3, 0.4) is 0 Å². The van der Waals surface area contributed by atoms with Crippen molar-refractivity contribution < 1.29 is 4.79 Å². The topological polar surface area (TPSA) is 29.1 Å². The summed E-state index contributed by atoms with van der Waals surface area (Å²) in [6, 6.07) is 9.34. The van der Waals surface area contributed by atoms with Crippen LogP contribution in [0.5, 0.6) is 0 Å². The molecule has 0 spiro atoms. The Morgan fingerprint density at radius 2 is 2.22 bits per heavy atom. The van der Waals surface area contributed by atoms with Crippen LogP contribution in [0, 0.1) is 6.92 Å². The molecule has 1 heterocycles. The lowest BCUT2D eigenvalue weighted by Crippen LogP contribution is -1.93. The zero-order valence-corrected chi connectivity index (χ0v) is 11.4. The highest BCUT2D eigenvalue weighted by Crippen LogP contribution is 2.19. The van der Waals surface area contributed by atoms with Gasteiger partial charge in [0.05, 0.1) is 4.88 Å². The van der Waals surface area contributed by atoms with Crippen molar-refractivity contribution >= 4 is 34.4 Å². The van der Waals surface area contributed by atoms with Crippen LogP contribution in [-0.4, -0.2) is 5.78 Å². The predicted molar refractivity (Wildman–Crippen MR) is 77.6 cm³/mol. The number of thiophene rings is 1. The summed E-state index contributed by atoms with van der Waals surface area (Å²) < 4.78 is 0. The molecular weight excluding hydrogens is 266 g/mol. The molecule has 4 heteroatoms. The number of carbonyl (C=O) groups is 1. The molecule has 0 amide bonds. The van der Waals surface area contributed by atoms with E-state index in [4.69, 9.17) is 11.6 Å². The van der Waals surface area contributed by atoms with Gasteiger partial charge in [0.25, 0.3) is 0 Å². The number of nitrogens with one attached hydrogen (secondary N) is 1. The van der Waals surface area contributed by atoms with E-state index in [1.807, 2.05) is 36.6 Å². The number of rotatable bonds is 4. The summed E-state index contributed by atoms with van der Waals surface area (Å²) in [5, 5.41) is 5.61. The van der Waals surface area contributed by atoms with E-state index in [2.05, 4.69) is 5.32 Å². The minimum atomic E-state index is -0.00397. The average Bonchev–Trinajstić information content (AvgIpc) is 2.87. The molecule has 0 aliphatic carbocycles. The Balaban J connectivity index is 1.99.